The maximum Gasteiger partial charge on any atom is 0.123 e. The average Bonchev–Trinajstić information content (AvgIpc) is 2.69. The van der Waals surface area contributed by atoms with Crippen LogP contribution in [0.25, 0.3) is 0 Å². The molecule has 2 rings (SSSR count). The summed E-state index contributed by atoms with van der Waals surface area (Å²) in [6.45, 7) is 0.531. The molecule has 1 aliphatic heterocycles. The first-order valence-electron chi connectivity index (χ1n) is 4.86. The quantitative estimate of drug-likeness (QED) is 0.579. The van der Waals surface area contributed by atoms with E-state index in [4.69, 9.17) is 11.1 Å². The van der Waals surface area contributed by atoms with E-state index in [2.05, 4.69) is 11.1 Å². The number of hydrogen-bond acceptors (Lipinski definition) is 4. The van der Waals surface area contributed by atoms with Crippen molar-refractivity contribution in [2.24, 2.45) is 10.8 Å². The molecule has 4 nitrogen and oxygen atoms in total. The van der Waals surface area contributed by atoms with Crippen molar-refractivity contribution in [2.45, 2.75) is 12.8 Å². The zero-order valence-corrected chi connectivity index (χ0v) is 8.35. The minimum Gasteiger partial charge on any atom is -0.297 e. The zero-order valence-electron chi connectivity index (χ0n) is 8.35. The molecule has 1 aliphatic rings. The molecule has 0 fully saturated rings. The van der Waals surface area contributed by atoms with Crippen LogP contribution < -0.4 is 5.84 Å². The fraction of sp³-hybridized carbons (Fsp3) is 0.273. The van der Waals surface area contributed by atoms with Crippen LogP contribution in [0, 0.1) is 11.3 Å². The van der Waals surface area contributed by atoms with E-state index < -0.39 is 0 Å². The molecular formula is C11H12N4. The summed E-state index contributed by atoms with van der Waals surface area (Å²) < 4.78 is 0. The predicted molar refractivity (Wildman–Crippen MR) is 58.4 cm³/mol. The Labute approximate surface area is 88.6 Å². The van der Waals surface area contributed by atoms with Crippen molar-refractivity contribution in [1.29, 1.82) is 5.26 Å². The van der Waals surface area contributed by atoms with Gasteiger partial charge in [-0.2, -0.15) is 5.26 Å². The van der Waals surface area contributed by atoms with Gasteiger partial charge in [-0.3, -0.25) is 5.01 Å². The maximum atomic E-state index is 8.46. The van der Waals surface area contributed by atoms with Crippen LogP contribution in [0.15, 0.2) is 29.3 Å². The van der Waals surface area contributed by atoms with Gasteiger partial charge in [0.25, 0.3) is 0 Å². The van der Waals surface area contributed by atoms with E-state index in [1.807, 2.05) is 24.3 Å². The molecule has 0 radical (unpaired) electrons. The molecule has 0 atom stereocenters. The average molecular weight is 200 g/mol. The number of amidine groups is 1. The molecular weight excluding hydrogens is 188 g/mol. The minimum absolute atomic E-state index is 0.422. The Morgan fingerprint density at radius 3 is 3.00 bits per heavy atom. The van der Waals surface area contributed by atoms with Gasteiger partial charge in [0, 0.05) is 13.0 Å². The molecule has 4 heteroatoms. The number of benzene rings is 1. The highest BCUT2D eigenvalue weighted by Crippen LogP contribution is 2.26. The number of nitrogens with two attached hydrogens (primary N) is 1. The van der Waals surface area contributed by atoms with Gasteiger partial charge in [-0.05, 0) is 11.6 Å². The second kappa shape index (κ2) is 4.11. The van der Waals surface area contributed by atoms with E-state index in [9.17, 15) is 0 Å². The highest BCUT2D eigenvalue weighted by Gasteiger charge is 2.16. The molecule has 76 valence electrons. The summed E-state index contributed by atoms with van der Waals surface area (Å²) in [5, 5.41) is 10.0. The monoisotopic (exact) mass is 200 g/mol. The van der Waals surface area contributed by atoms with Gasteiger partial charge in [-0.15, -0.1) is 0 Å². The lowest BCUT2D eigenvalue weighted by Crippen LogP contribution is -2.38. The molecule has 1 aromatic carbocycles. The molecule has 0 amide bonds. The van der Waals surface area contributed by atoms with Gasteiger partial charge in [-0.25, -0.2) is 10.8 Å². The number of para-hydroxylation sites is 1. The second-order valence-electron chi connectivity index (χ2n) is 3.44. The molecule has 1 heterocycles. The molecule has 15 heavy (non-hydrogen) atoms. The topological polar surface area (TPSA) is 65.4 Å². The van der Waals surface area contributed by atoms with E-state index in [1.165, 1.54) is 5.56 Å². The largest absolute Gasteiger partial charge is 0.297 e. The number of nitriles is 1. The lowest BCUT2D eigenvalue weighted by molar-refractivity contribution is 0.444. The van der Waals surface area contributed by atoms with Crippen LogP contribution in [0.2, 0.25) is 0 Å². The molecule has 0 bridgehead atoms. The number of rotatable bonds is 2. The number of aliphatic imine (C=N–C) groups is 1. The summed E-state index contributed by atoms with van der Waals surface area (Å²) in [6, 6.07) is 10.0. The summed E-state index contributed by atoms with van der Waals surface area (Å²) in [5.74, 6) is 6.64. The maximum absolute atomic E-state index is 8.46. The van der Waals surface area contributed by atoms with Crippen molar-refractivity contribution in [3.8, 4) is 6.07 Å². The van der Waals surface area contributed by atoms with Gasteiger partial charge in [0.1, 0.15) is 5.84 Å². The number of fused-ring (bicyclic) bond motifs is 1. The van der Waals surface area contributed by atoms with Crippen molar-refractivity contribution >= 4 is 11.5 Å². The Morgan fingerprint density at radius 1 is 1.47 bits per heavy atom. The highest BCUT2D eigenvalue weighted by molar-refractivity contribution is 5.91. The molecule has 2 N–H and O–H groups in total. The predicted octanol–water partition coefficient (Wildman–Crippen LogP) is 1.36. The van der Waals surface area contributed by atoms with Crippen molar-refractivity contribution < 1.29 is 0 Å². The van der Waals surface area contributed by atoms with Gasteiger partial charge < -0.3 is 0 Å². The van der Waals surface area contributed by atoms with E-state index in [0.29, 0.717) is 13.0 Å². The zero-order chi connectivity index (χ0) is 10.7. The van der Waals surface area contributed by atoms with Gasteiger partial charge in [0.05, 0.1) is 18.2 Å². The highest BCUT2D eigenvalue weighted by atomic mass is 15.4. The van der Waals surface area contributed by atoms with Crippen molar-refractivity contribution in [3.05, 3.63) is 29.8 Å². The van der Waals surface area contributed by atoms with E-state index in [0.717, 1.165) is 17.9 Å². The fourth-order valence-electron chi connectivity index (χ4n) is 1.58. The molecule has 1 aromatic rings. The first-order chi connectivity index (χ1) is 7.31. The van der Waals surface area contributed by atoms with Crippen LogP contribution in [-0.4, -0.2) is 17.4 Å². The Balaban J connectivity index is 2.08. The van der Waals surface area contributed by atoms with Gasteiger partial charge in [0.15, 0.2) is 0 Å². The Bertz CT molecular complexity index is 430. The summed E-state index contributed by atoms with van der Waals surface area (Å²) >= 11 is 0. The molecule has 0 unspecified atom stereocenters. The van der Waals surface area contributed by atoms with Crippen molar-refractivity contribution in [1.82, 2.24) is 5.01 Å². The number of nitrogens with zero attached hydrogens (tertiary/aromatic N) is 3. The van der Waals surface area contributed by atoms with Crippen LogP contribution in [0.5, 0.6) is 0 Å². The summed E-state index contributed by atoms with van der Waals surface area (Å²) in [5.41, 5.74) is 2.18. The smallest absolute Gasteiger partial charge is 0.123 e. The third kappa shape index (κ3) is 1.97. The van der Waals surface area contributed by atoms with Crippen molar-refractivity contribution in [2.75, 3.05) is 6.54 Å². The summed E-state index contributed by atoms with van der Waals surface area (Å²) in [4.78, 5) is 4.41. The molecule has 0 saturated heterocycles. The van der Waals surface area contributed by atoms with Crippen LogP contribution in [0.3, 0.4) is 0 Å². The Kier molecular flexibility index (Phi) is 2.66. The normalized spacial score (nSPS) is 12.9. The van der Waals surface area contributed by atoms with Crippen molar-refractivity contribution in [3.63, 3.8) is 0 Å². The third-order valence-electron chi connectivity index (χ3n) is 2.39. The van der Waals surface area contributed by atoms with Crippen LogP contribution in [0.1, 0.15) is 12.0 Å². The standard InChI is InChI=1S/C11H12N4/c12-6-3-7-15(13)11-8-9-4-1-2-5-10(9)14-11/h1-2,4-5H,3,7-8,13H2. The summed E-state index contributed by atoms with van der Waals surface area (Å²) in [7, 11) is 0. The second-order valence-corrected chi connectivity index (χ2v) is 3.44. The molecule has 0 spiro atoms. The Morgan fingerprint density at radius 2 is 2.27 bits per heavy atom. The van der Waals surface area contributed by atoms with Crippen LogP contribution in [-0.2, 0) is 6.42 Å². The first kappa shape index (κ1) is 9.69. The van der Waals surface area contributed by atoms with Gasteiger partial charge in [-0.1, -0.05) is 18.2 Å². The lowest BCUT2D eigenvalue weighted by atomic mass is 10.1. The van der Waals surface area contributed by atoms with E-state index in [-0.39, 0.29) is 0 Å². The Hall–Kier alpha value is -1.86. The van der Waals surface area contributed by atoms with E-state index in [1.54, 1.807) is 5.01 Å². The minimum atomic E-state index is 0.422. The number of hydrazine groups is 1. The molecule has 0 saturated carbocycles. The van der Waals surface area contributed by atoms with Gasteiger partial charge >= 0.3 is 0 Å². The molecule has 0 aromatic heterocycles. The number of hydrogen-bond donors (Lipinski definition) is 1. The fourth-order valence-corrected chi connectivity index (χ4v) is 1.58. The van der Waals surface area contributed by atoms with Crippen LogP contribution in [0.4, 0.5) is 5.69 Å². The lowest BCUT2D eigenvalue weighted by Gasteiger charge is -2.15. The molecule has 0 aliphatic carbocycles. The van der Waals surface area contributed by atoms with Crippen LogP contribution >= 0.6 is 0 Å². The summed E-state index contributed by atoms with van der Waals surface area (Å²) in [6.07, 6.45) is 1.18. The SMILES string of the molecule is N#CCCN(N)C1=Nc2ccccc2C1. The first-order valence-corrected chi connectivity index (χ1v) is 4.86. The van der Waals surface area contributed by atoms with E-state index >= 15 is 0 Å². The third-order valence-corrected chi connectivity index (χ3v) is 2.39. The van der Waals surface area contributed by atoms with Gasteiger partial charge in [0.2, 0.25) is 0 Å².